The van der Waals surface area contributed by atoms with Crippen LogP contribution in [0.3, 0.4) is 0 Å². The summed E-state index contributed by atoms with van der Waals surface area (Å²) in [5.74, 6) is 0.403. The van der Waals surface area contributed by atoms with Crippen LogP contribution >= 0.6 is 0 Å². The first kappa shape index (κ1) is 20.5. The number of nitrogens with one attached hydrogen (secondary N) is 3. The molecule has 1 unspecified atom stereocenters. The molecule has 2 amide bonds. The number of ether oxygens (including phenoxy) is 1. The minimum Gasteiger partial charge on any atom is -0.497 e. The van der Waals surface area contributed by atoms with Crippen LogP contribution in [0.25, 0.3) is 0 Å². The number of quaternary nitrogens is 1. The molecule has 2 atom stereocenters. The van der Waals surface area contributed by atoms with E-state index in [1.54, 1.807) is 26.2 Å². The zero-order valence-corrected chi connectivity index (χ0v) is 16.6. The molecule has 27 heavy (non-hydrogen) atoms. The number of likely N-dealkylation sites (N-methyl/N-ethyl adjacent to an activating group) is 1. The number of aryl methyl sites for hydroxylation is 2. The van der Waals surface area contributed by atoms with E-state index in [0.717, 1.165) is 21.7 Å². The molecule has 6 heteroatoms. The number of carbonyl (C=O) groups is 2. The Balaban J connectivity index is 1.94. The molecule has 3 N–H and O–H groups in total. The Hall–Kier alpha value is -2.86. The second-order valence-corrected chi connectivity index (χ2v) is 6.78. The molecule has 0 aliphatic heterocycles. The summed E-state index contributed by atoms with van der Waals surface area (Å²) in [5, 5.41) is 5.83. The maximum Gasteiger partial charge on any atom is 0.282 e. The number of methoxy groups -OCH3 is 1. The Morgan fingerprint density at radius 2 is 1.70 bits per heavy atom. The van der Waals surface area contributed by atoms with Crippen LogP contribution in [0.15, 0.2) is 42.5 Å². The first-order chi connectivity index (χ1) is 12.8. The molecule has 0 fully saturated rings. The average molecular weight is 370 g/mol. The van der Waals surface area contributed by atoms with Gasteiger partial charge in [-0.05, 0) is 44.0 Å². The highest BCUT2D eigenvalue weighted by Gasteiger charge is 2.24. The lowest BCUT2D eigenvalue weighted by atomic mass is 10.1. The Kier molecular flexibility index (Phi) is 6.96. The van der Waals surface area contributed by atoms with Gasteiger partial charge in [-0.2, -0.15) is 0 Å². The number of carbonyl (C=O) groups excluding carboxylic acids is 2. The minimum atomic E-state index is -0.389. The van der Waals surface area contributed by atoms with Crippen molar-refractivity contribution in [3.63, 3.8) is 0 Å². The quantitative estimate of drug-likeness (QED) is 0.696. The summed E-state index contributed by atoms with van der Waals surface area (Å²) in [4.78, 5) is 25.7. The number of hydrogen-bond acceptors (Lipinski definition) is 3. The summed E-state index contributed by atoms with van der Waals surface area (Å²) in [5.41, 5.74) is 3.54. The van der Waals surface area contributed by atoms with E-state index in [0.29, 0.717) is 11.4 Å². The van der Waals surface area contributed by atoms with E-state index in [4.69, 9.17) is 4.74 Å². The minimum absolute atomic E-state index is 0.120. The largest absolute Gasteiger partial charge is 0.497 e. The van der Waals surface area contributed by atoms with Crippen LogP contribution in [0.5, 0.6) is 5.75 Å². The first-order valence-corrected chi connectivity index (χ1v) is 8.95. The summed E-state index contributed by atoms with van der Waals surface area (Å²) in [6.45, 7) is 5.92. The summed E-state index contributed by atoms with van der Waals surface area (Å²) in [6.07, 6.45) is 0. The van der Waals surface area contributed by atoms with Gasteiger partial charge in [-0.15, -0.1) is 0 Å². The average Bonchev–Trinajstić information content (AvgIpc) is 2.64. The van der Waals surface area contributed by atoms with E-state index in [1.807, 2.05) is 51.2 Å². The van der Waals surface area contributed by atoms with Gasteiger partial charge in [0.05, 0.1) is 14.2 Å². The molecule has 144 valence electrons. The molecule has 2 rings (SSSR count). The second-order valence-electron chi connectivity index (χ2n) is 6.78. The van der Waals surface area contributed by atoms with E-state index < -0.39 is 0 Å². The summed E-state index contributed by atoms with van der Waals surface area (Å²) in [6, 6.07) is 12.7. The molecule has 0 aliphatic rings. The van der Waals surface area contributed by atoms with Gasteiger partial charge in [-0.1, -0.05) is 24.3 Å². The number of hydrogen-bond donors (Lipinski definition) is 3. The zero-order chi connectivity index (χ0) is 20.0. The fourth-order valence-corrected chi connectivity index (χ4v) is 2.78. The molecule has 0 aromatic heterocycles. The van der Waals surface area contributed by atoms with Gasteiger partial charge in [0.25, 0.3) is 11.8 Å². The first-order valence-electron chi connectivity index (χ1n) is 8.95. The topological polar surface area (TPSA) is 71.9 Å². The molecular formula is C21H28N3O3+. The zero-order valence-electron chi connectivity index (χ0n) is 16.6. The standard InChI is InChI=1S/C21H27N3O3/c1-14-8-6-9-15(2)20(14)23-19(25)13-24(4)16(3)21(26)22-17-10-7-11-18(12-17)27-5/h6-12,16H,13H2,1-5H3,(H,22,26)(H,23,25)/p+1/t16-/m0/s1. The highest BCUT2D eigenvalue weighted by atomic mass is 16.5. The molecule has 0 saturated carbocycles. The Morgan fingerprint density at radius 3 is 2.33 bits per heavy atom. The van der Waals surface area contributed by atoms with Crippen molar-refractivity contribution in [2.45, 2.75) is 26.8 Å². The van der Waals surface area contributed by atoms with Crippen molar-refractivity contribution >= 4 is 23.2 Å². The Labute approximate surface area is 160 Å². The van der Waals surface area contributed by atoms with Crippen molar-refractivity contribution in [1.82, 2.24) is 0 Å². The summed E-state index contributed by atoms with van der Waals surface area (Å²) >= 11 is 0. The van der Waals surface area contributed by atoms with Crippen LogP contribution in [0.2, 0.25) is 0 Å². The normalized spacial score (nSPS) is 12.8. The highest BCUT2D eigenvalue weighted by molar-refractivity contribution is 5.95. The fraction of sp³-hybridized carbons (Fsp3) is 0.333. The van der Waals surface area contributed by atoms with Crippen molar-refractivity contribution in [3.05, 3.63) is 53.6 Å². The molecule has 2 aromatic carbocycles. The van der Waals surface area contributed by atoms with Gasteiger partial charge in [0.2, 0.25) is 0 Å². The van der Waals surface area contributed by atoms with Crippen molar-refractivity contribution in [2.75, 3.05) is 31.3 Å². The van der Waals surface area contributed by atoms with Crippen LogP contribution in [0, 0.1) is 13.8 Å². The monoisotopic (exact) mass is 370 g/mol. The van der Waals surface area contributed by atoms with Crippen molar-refractivity contribution in [3.8, 4) is 5.75 Å². The number of rotatable bonds is 7. The van der Waals surface area contributed by atoms with E-state index in [2.05, 4.69) is 10.6 Å². The molecule has 0 aliphatic carbocycles. The second kappa shape index (κ2) is 9.19. The lowest BCUT2D eigenvalue weighted by molar-refractivity contribution is -0.885. The predicted octanol–water partition coefficient (Wildman–Crippen LogP) is 1.79. The van der Waals surface area contributed by atoms with Gasteiger partial charge >= 0.3 is 0 Å². The Bertz CT molecular complexity index is 800. The highest BCUT2D eigenvalue weighted by Crippen LogP contribution is 2.19. The van der Waals surface area contributed by atoms with Crippen LogP contribution in [-0.4, -0.2) is 38.6 Å². The van der Waals surface area contributed by atoms with Gasteiger partial charge < -0.3 is 20.3 Å². The maximum absolute atomic E-state index is 12.5. The van der Waals surface area contributed by atoms with Gasteiger partial charge in [0.1, 0.15) is 5.75 Å². The van der Waals surface area contributed by atoms with Gasteiger partial charge in [-0.25, -0.2) is 0 Å². The van der Waals surface area contributed by atoms with Crippen LogP contribution < -0.4 is 20.3 Å². The van der Waals surface area contributed by atoms with Gasteiger partial charge in [0, 0.05) is 17.4 Å². The lowest BCUT2D eigenvalue weighted by Crippen LogP contribution is -3.14. The maximum atomic E-state index is 12.5. The third-order valence-electron chi connectivity index (χ3n) is 4.65. The third-order valence-corrected chi connectivity index (χ3v) is 4.65. The van der Waals surface area contributed by atoms with Gasteiger partial charge in [-0.3, -0.25) is 9.59 Å². The Morgan fingerprint density at radius 1 is 1.07 bits per heavy atom. The van der Waals surface area contributed by atoms with E-state index in [9.17, 15) is 9.59 Å². The molecular weight excluding hydrogens is 342 g/mol. The van der Waals surface area contributed by atoms with Gasteiger partial charge in [0.15, 0.2) is 12.6 Å². The van der Waals surface area contributed by atoms with Crippen LogP contribution in [-0.2, 0) is 9.59 Å². The van der Waals surface area contributed by atoms with E-state index in [-0.39, 0.29) is 24.4 Å². The SMILES string of the molecule is COc1cccc(NC(=O)[C@H](C)[NH+](C)CC(=O)Nc2c(C)cccc2C)c1. The number of para-hydroxylation sites is 1. The van der Waals surface area contributed by atoms with Crippen molar-refractivity contribution in [1.29, 1.82) is 0 Å². The molecule has 0 radical (unpaired) electrons. The molecule has 0 spiro atoms. The fourth-order valence-electron chi connectivity index (χ4n) is 2.78. The predicted molar refractivity (Wildman–Crippen MR) is 107 cm³/mol. The molecule has 0 bridgehead atoms. The van der Waals surface area contributed by atoms with Crippen molar-refractivity contribution in [2.24, 2.45) is 0 Å². The summed E-state index contributed by atoms with van der Waals surface area (Å²) < 4.78 is 5.16. The molecule has 0 saturated heterocycles. The molecule has 2 aromatic rings. The summed E-state index contributed by atoms with van der Waals surface area (Å²) in [7, 11) is 3.41. The number of anilines is 2. The smallest absolute Gasteiger partial charge is 0.282 e. The van der Waals surface area contributed by atoms with Crippen molar-refractivity contribution < 1.29 is 19.2 Å². The number of amides is 2. The number of benzene rings is 2. The van der Waals surface area contributed by atoms with E-state index in [1.165, 1.54) is 0 Å². The van der Waals surface area contributed by atoms with E-state index >= 15 is 0 Å². The molecule has 0 heterocycles. The van der Waals surface area contributed by atoms with Crippen LogP contribution in [0.4, 0.5) is 11.4 Å². The third kappa shape index (κ3) is 5.56. The lowest BCUT2D eigenvalue weighted by Gasteiger charge is -2.21. The van der Waals surface area contributed by atoms with Crippen LogP contribution in [0.1, 0.15) is 18.1 Å². The molecule has 6 nitrogen and oxygen atoms in total.